The molecule has 0 aliphatic heterocycles. The van der Waals surface area contributed by atoms with Gasteiger partial charge in [-0.1, -0.05) is 12.1 Å². The minimum Gasteiger partial charge on any atom is -0.270 e. The highest BCUT2D eigenvalue weighted by Gasteiger charge is 2.34. The van der Waals surface area contributed by atoms with E-state index in [0.717, 1.165) is 12.1 Å². The van der Waals surface area contributed by atoms with Crippen LogP contribution in [0.5, 0.6) is 0 Å². The molecule has 0 aromatic heterocycles. The lowest BCUT2D eigenvalue weighted by Crippen LogP contribution is -2.35. The van der Waals surface area contributed by atoms with Crippen molar-refractivity contribution in [3.63, 3.8) is 0 Å². The summed E-state index contributed by atoms with van der Waals surface area (Å²) in [4.78, 5) is 0. The average molecular weight is 282 g/mol. The van der Waals surface area contributed by atoms with Gasteiger partial charge < -0.3 is 0 Å². The molecule has 0 aliphatic carbocycles. The van der Waals surface area contributed by atoms with Crippen molar-refractivity contribution in [3.8, 4) is 0 Å². The van der Waals surface area contributed by atoms with Crippen LogP contribution in [-0.2, 0) is 16.4 Å². The quantitative estimate of drug-likeness (QED) is 0.890. The Labute approximate surface area is 103 Å². The summed E-state index contributed by atoms with van der Waals surface area (Å²) >= 11 is 0. The van der Waals surface area contributed by atoms with Gasteiger partial charge in [0.1, 0.15) is 0 Å². The van der Waals surface area contributed by atoms with Crippen LogP contribution in [0.25, 0.3) is 0 Å². The van der Waals surface area contributed by atoms with Crippen LogP contribution >= 0.6 is 0 Å². The van der Waals surface area contributed by atoms with Crippen LogP contribution in [0, 0.1) is 0 Å². The van der Waals surface area contributed by atoms with Gasteiger partial charge in [-0.25, -0.2) is 0 Å². The lowest BCUT2D eigenvalue weighted by molar-refractivity contribution is -0.136. The first-order valence-electron chi connectivity index (χ1n) is 5.08. The summed E-state index contributed by atoms with van der Waals surface area (Å²) in [6.45, 7) is 3.13. The summed E-state index contributed by atoms with van der Waals surface area (Å²) in [5, 5.41) is 0. The molecular formula is C10H13F3N2O2S. The van der Waals surface area contributed by atoms with Crippen molar-refractivity contribution in [2.24, 2.45) is 0 Å². The standard InChI is InChI=1S/C10H13F3N2O2S/c1-7(2)14-18(16,17)15-9-6-4-3-5-8(9)10(11,12)13/h3-7,14-15H,1-2H3. The molecule has 1 rings (SSSR count). The van der Waals surface area contributed by atoms with Crippen LogP contribution in [0.2, 0.25) is 0 Å². The van der Waals surface area contributed by atoms with Crippen LogP contribution in [0.4, 0.5) is 18.9 Å². The van der Waals surface area contributed by atoms with E-state index in [1.165, 1.54) is 12.1 Å². The predicted octanol–water partition coefficient (Wildman–Crippen LogP) is 2.36. The molecule has 102 valence electrons. The van der Waals surface area contributed by atoms with Crippen molar-refractivity contribution in [2.75, 3.05) is 4.72 Å². The number of hydrogen-bond donors (Lipinski definition) is 2. The average Bonchev–Trinajstić information content (AvgIpc) is 2.13. The first kappa shape index (κ1) is 14.8. The number of nitrogens with one attached hydrogen (secondary N) is 2. The first-order chi connectivity index (χ1) is 8.12. The SMILES string of the molecule is CC(C)NS(=O)(=O)Nc1ccccc1C(F)(F)F. The fourth-order valence-corrected chi connectivity index (χ4v) is 2.45. The van der Waals surface area contributed by atoms with Gasteiger partial charge in [0.2, 0.25) is 0 Å². The Morgan fingerprint density at radius 1 is 1.17 bits per heavy atom. The van der Waals surface area contributed by atoms with Gasteiger partial charge in [0.25, 0.3) is 10.2 Å². The van der Waals surface area contributed by atoms with Gasteiger partial charge in [-0.3, -0.25) is 4.72 Å². The minimum atomic E-state index is -4.61. The molecule has 0 unspecified atom stereocenters. The minimum absolute atomic E-state index is 0.416. The third-order valence-corrected chi connectivity index (χ3v) is 3.14. The van der Waals surface area contributed by atoms with Crippen LogP contribution in [0.15, 0.2) is 24.3 Å². The van der Waals surface area contributed by atoms with Crippen molar-refractivity contribution >= 4 is 15.9 Å². The van der Waals surface area contributed by atoms with Gasteiger partial charge in [-0.05, 0) is 26.0 Å². The monoisotopic (exact) mass is 282 g/mol. The van der Waals surface area contributed by atoms with Gasteiger partial charge in [-0.2, -0.15) is 26.3 Å². The summed E-state index contributed by atoms with van der Waals surface area (Å²) in [6, 6.07) is 3.97. The number of rotatable bonds is 4. The van der Waals surface area contributed by atoms with Crippen LogP contribution in [-0.4, -0.2) is 14.5 Å². The van der Waals surface area contributed by atoms with Gasteiger partial charge in [0.15, 0.2) is 0 Å². The van der Waals surface area contributed by atoms with Crippen molar-refractivity contribution < 1.29 is 21.6 Å². The number of para-hydroxylation sites is 1. The maximum absolute atomic E-state index is 12.6. The molecule has 0 heterocycles. The maximum atomic E-state index is 12.6. The van der Waals surface area contributed by atoms with E-state index in [1.807, 2.05) is 4.72 Å². The molecule has 0 bridgehead atoms. The fourth-order valence-electron chi connectivity index (χ4n) is 1.30. The second kappa shape index (κ2) is 5.15. The second-order valence-electron chi connectivity index (χ2n) is 3.92. The molecule has 1 aromatic rings. The van der Waals surface area contributed by atoms with E-state index in [0.29, 0.717) is 0 Å². The molecule has 0 saturated carbocycles. The third kappa shape index (κ3) is 4.19. The second-order valence-corrected chi connectivity index (χ2v) is 5.37. The van der Waals surface area contributed by atoms with Crippen molar-refractivity contribution in [2.45, 2.75) is 26.1 Å². The van der Waals surface area contributed by atoms with Gasteiger partial charge >= 0.3 is 6.18 Å². The fraction of sp³-hybridized carbons (Fsp3) is 0.400. The summed E-state index contributed by atoms with van der Waals surface area (Å²) in [5.74, 6) is 0. The Balaban J connectivity index is 3.06. The molecule has 0 radical (unpaired) electrons. The molecule has 4 nitrogen and oxygen atoms in total. The Kier molecular flexibility index (Phi) is 4.23. The maximum Gasteiger partial charge on any atom is 0.418 e. The summed E-state index contributed by atoms with van der Waals surface area (Å²) in [5.41, 5.74) is -1.53. The highest BCUT2D eigenvalue weighted by Crippen LogP contribution is 2.34. The van der Waals surface area contributed by atoms with Crippen LogP contribution in [0.1, 0.15) is 19.4 Å². The van der Waals surface area contributed by atoms with E-state index in [-0.39, 0.29) is 0 Å². The zero-order valence-corrected chi connectivity index (χ0v) is 10.6. The lowest BCUT2D eigenvalue weighted by Gasteiger charge is -2.16. The Bertz CT molecular complexity index is 512. The Morgan fingerprint density at radius 2 is 1.72 bits per heavy atom. The number of hydrogen-bond acceptors (Lipinski definition) is 2. The topological polar surface area (TPSA) is 58.2 Å². The van der Waals surface area contributed by atoms with Crippen LogP contribution < -0.4 is 9.44 Å². The van der Waals surface area contributed by atoms with E-state index in [1.54, 1.807) is 13.8 Å². The molecule has 0 saturated heterocycles. The molecule has 2 N–H and O–H groups in total. The molecule has 18 heavy (non-hydrogen) atoms. The van der Waals surface area contributed by atoms with Gasteiger partial charge in [-0.15, -0.1) is 0 Å². The van der Waals surface area contributed by atoms with Crippen LogP contribution in [0.3, 0.4) is 0 Å². The summed E-state index contributed by atoms with van der Waals surface area (Å²) in [7, 11) is -4.02. The number of halogens is 3. The van der Waals surface area contributed by atoms with E-state index in [2.05, 4.69) is 4.72 Å². The molecule has 0 fully saturated rings. The lowest BCUT2D eigenvalue weighted by atomic mass is 10.2. The summed E-state index contributed by atoms with van der Waals surface area (Å²) in [6.07, 6.45) is -4.61. The number of anilines is 1. The summed E-state index contributed by atoms with van der Waals surface area (Å²) < 4.78 is 64.9. The third-order valence-electron chi connectivity index (χ3n) is 1.87. The van der Waals surface area contributed by atoms with Gasteiger partial charge in [0.05, 0.1) is 11.3 Å². The molecule has 0 spiro atoms. The molecular weight excluding hydrogens is 269 g/mol. The molecule has 8 heteroatoms. The van der Waals surface area contributed by atoms with Crippen molar-refractivity contribution in [1.82, 2.24) is 4.72 Å². The van der Waals surface area contributed by atoms with E-state index >= 15 is 0 Å². The number of alkyl halides is 3. The molecule has 0 atom stereocenters. The van der Waals surface area contributed by atoms with Gasteiger partial charge in [0, 0.05) is 6.04 Å². The van der Waals surface area contributed by atoms with E-state index < -0.39 is 33.7 Å². The smallest absolute Gasteiger partial charge is 0.270 e. The molecule has 0 amide bonds. The predicted molar refractivity (Wildman–Crippen MR) is 62.3 cm³/mol. The highest BCUT2D eigenvalue weighted by molar-refractivity contribution is 7.90. The molecule has 0 aliphatic rings. The molecule has 1 aromatic carbocycles. The van der Waals surface area contributed by atoms with E-state index in [4.69, 9.17) is 0 Å². The number of benzene rings is 1. The zero-order valence-electron chi connectivity index (χ0n) is 9.75. The Hall–Kier alpha value is -1.28. The Morgan fingerprint density at radius 3 is 2.22 bits per heavy atom. The largest absolute Gasteiger partial charge is 0.418 e. The van der Waals surface area contributed by atoms with E-state index in [9.17, 15) is 21.6 Å². The highest BCUT2D eigenvalue weighted by atomic mass is 32.2. The first-order valence-corrected chi connectivity index (χ1v) is 6.56. The van der Waals surface area contributed by atoms with Crippen molar-refractivity contribution in [1.29, 1.82) is 0 Å². The van der Waals surface area contributed by atoms with Crippen molar-refractivity contribution in [3.05, 3.63) is 29.8 Å². The normalized spacial score (nSPS) is 12.8. The zero-order chi connectivity index (χ0) is 14.0.